The highest BCUT2D eigenvalue weighted by Crippen LogP contribution is 2.36. The summed E-state index contributed by atoms with van der Waals surface area (Å²) in [6.07, 6.45) is -4.28. The lowest BCUT2D eigenvalue weighted by atomic mass is 9.98. The fraction of sp³-hybridized carbons (Fsp3) is 0.600. The van der Waals surface area contributed by atoms with Gasteiger partial charge in [-0.05, 0) is 30.2 Å². The van der Waals surface area contributed by atoms with Crippen LogP contribution in [0.1, 0.15) is 23.6 Å². The Balaban J connectivity index is 0.00000264. The molecule has 0 spiro atoms. The van der Waals surface area contributed by atoms with Crippen molar-refractivity contribution in [2.75, 3.05) is 40.0 Å². The zero-order chi connectivity index (χ0) is 16.2. The molecule has 0 aromatic heterocycles. The van der Waals surface area contributed by atoms with Crippen LogP contribution in [0.5, 0.6) is 5.75 Å². The molecule has 1 N–H and O–H groups in total. The summed E-state index contributed by atoms with van der Waals surface area (Å²) < 4.78 is 57.0. The van der Waals surface area contributed by atoms with Crippen LogP contribution in [0.2, 0.25) is 0 Å². The molecule has 0 saturated carbocycles. The second-order valence-electron chi connectivity index (χ2n) is 5.27. The molecular weight excluding hydrogens is 336 g/mol. The van der Waals surface area contributed by atoms with E-state index in [1.165, 1.54) is 7.11 Å². The monoisotopic (exact) mass is 356 g/mol. The molecule has 1 aromatic rings. The number of hydrogen-bond donors (Lipinski definition) is 1. The lowest BCUT2D eigenvalue weighted by molar-refractivity contribution is -0.137. The van der Waals surface area contributed by atoms with E-state index in [1.54, 1.807) is 6.07 Å². The van der Waals surface area contributed by atoms with Gasteiger partial charge < -0.3 is 10.1 Å². The maximum atomic E-state index is 13.0. The number of ether oxygens (including phenoxy) is 1. The fourth-order valence-corrected chi connectivity index (χ4v) is 2.75. The summed E-state index contributed by atoms with van der Waals surface area (Å²) >= 11 is 0. The molecule has 1 fully saturated rings. The highest BCUT2D eigenvalue weighted by atomic mass is 35.5. The predicted octanol–water partition coefficient (Wildman–Crippen LogP) is 3.44. The van der Waals surface area contributed by atoms with E-state index in [0.717, 1.165) is 25.2 Å². The zero-order valence-electron chi connectivity index (χ0n) is 12.8. The number of alkyl halides is 4. The van der Waals surface area contributed by atoms with Crippen molar-refractivity contribution in [2.45, 2.75) is 18.6 Å². The Morgan fingerprint density at radius 3 is 2.39 bits per heavy atom. The van der Waals surface area contributed by atoms with Crippen molar-refractivity contribution in [3.05, 3.63) is 29.3 Å². The number of nitrogens with zero attached hydrogens (tertiary/aromatic N) is 1. The molecule has 2 rings (SSSR count). The van der Waals surface area contributed by atoms with E-state index in [1.807, 2.05) is 4.90 Å². The van der Waals surface area contributed by atoms with Gasteiger partial charge in [-0.2, -0.15) is 13.2 Å². The normalized spacial score (nSPS) is 17.4. The summed E-state index contributed by atoms with van der Waals surface area (Å²) in [4.78, 5) is 2.02. The SMILES string of the molecule is COc1cc([C@@H](CCF)N2CCNCC2)cc(C(F)(F)F)c1.Cl. The Kier molecular flexibility index (Phi) is 7.57. The number of benzene rings is 1. The molecule has 1 saturated heterocycles. The summed E-state index contributed by atoms with van der Waals surface area (Å²) in [7, 11) is 1.33. The highest BCUT2D eigenvalue weighted by Gasteiger charge is 2.33. The van der Waals surface area contributed by atoms with Gasteiger partial charge in [0.15, 0.2) is 0 Å². The Morgan fingerprint density at radius 2 is 1.87 bits per heavy atom. The standard InChI is InChI=1S/C15H20F4N2O.ClH/c1-22-13-9-11(8-12(10-13)15(17,18)19)14(2-3-16)21-6-4-20-5-7-21;/h8-10,14,20H,2-7H2,1H3;1H/t14-;/m1./s1. The molecule has 1 aliphatic rings. The molecule has 0 bridgehead atoms. The van der Waals surface area contributed by atoms with Crippen molar-refractivity contribution in [1.29, 1.82) is 0 Å². The van der Waals surface area contributed by atoms with Crippen LogP contribution in [-0.4, -0.2) is 44.9 Å². The molecule has 3 nitrogen and oxygen atoms in total. The van der Waals surface area contributed by atoms with Gasteiger partial charge in [0.05, 0.1) is 19.3 Å². The average molecular weight is 357 g/mol. The summed E-state index contributed by atoms with van der Waals surface area (Å²) in [5.41, 5.74) is -0.313. The molecule has 1 atom stereocenters. The minimum atomic E-state index is -4.45. The van der Waals surface area contributed by atoms with Crippen LogP contribution in [-0.2, 0) is 6.18 Å². The third-order valence-electron chi connectivity index (χ3n) is 3.85. The fourth-order valence-electron chi connectivity index (χ4n) is 2.75. The molecule has 1 aliphatic heterocycles. The Bertz CT molecular complexity index is 493. The van der Waals surface area contributed by atoms with Crippen molar-refractivity contribution in [1.82, 2.24) is 10.2 Å². The lowest BCUT2D eigenvalue weighted by Crippen LogP contribution is -2.45. The molecule has 0 unspecified atom stereocenters. The first-order valence-corrected chi connectivity index (χ1v) is 7.22. The van der Waals surface area contributed by atoms with Crippen LogP contribution in [0.25, 0.3) is 0 Å². The molecule has 23 heavy (non-hydrogen) atoms. The van der Waals surface area contributed by atoms with E-state index in [2.05, 4.69) is 5.32 Å². The number of piperazine rings is 1. The van der Waals surface area contributed by atoms with E-state index in [9.17, 15) is 17.6 Å². The summed E-state index contributed by atoms with van der Waals surface area (Å²) in [6, 6.07) is 3.26. The minimum Gasteiger partial charge on any atom is -0.497 e. The smallest absolute Gasteiger partial charge is 0.416 e. The number of rotatable bonds is 5. The molecule has 1 heterocycles. The maximum Gasteiger partial charge on any atom is 0.416 e. The van der Waals surface area contributed by atoms with Crippen LogP contribution in [0.4, 0.5) is 17.6 Å². The summed E-state index contributed by atoms with van der Waals surface area (Å²) in [6.45, 7) is 2.29. The van der Waals surface area contributed by atoms with Gasteiger partial charge in [0.1, 0.15) is 5.75 Å². The molecule has 0 amide bonds. The quantitative estimate of drug-likeness (QED) is 0.818. The van der Waals surface area contributed by atoms with Crippen LogP contribution >= 0.6 is 12.4 Å². The Morgan fingerprint density at radius 1 is 1.22 bits per heavy atom. The van der Waals surface area contributed by atoms with Gasteiger partial charge in [-0.1, -0.05) is 0 Å². The van der Waals surface area contributed by atoms with Gasteiger partial charge in [-0.15, -0.1) is 12.4 Å². The summed E-state index contributed by atoms with van der Waals surface area (Å²) in [5.74, 6) is 0.142. The number of nitrogens with one attached hydrogen (secondary N) is 1. The van der Waals surface area contributed by atoms with E-state index in [0.29, 0.717) is 18.7 Å². The van der Waals surface area contributed by atoms with Gasteiger partial charge in [0, 0.05) is 32.2 Å². The molecule has 8 heteroatoms. The van der Waals surface area contributed by atoms with Crippen molar-refractivity contribution < 1.29 is 22.3 Å². The third kappa shape index (κ3) is 5.22. The van der Waals surface area contributed by atoms with Crippen molar-refractivity contribution in [2.24, 2.45) is 0 Å². The molecular formula is C15H21ClF4N2O. The van der Waals surface area contributed by atoms with E-state index >= 15 is 0 Å². The predicted molar refractivity (Wildman–Crippen MR) is 83.0 cm³/mol. The Hall–Kier alpha value is -1.05. The van der Waals surface area contributed by atoms with Gasteiger partial charge in [0.2, 0.25) is 0 Å². The second-order valence-corrected chi connectivity index (χ2v) is 5.27. The first kappa shape index (κ1) is 20.0. The third-order valence-corrected chi connectivity index (χ3v) is 3.85. The highest BCUT2D eigenvalue weighted by molar-refractivity contribution is 5.85. The van der Waals surface area contributed by atoms with E-state index < -0.39 is 18.4 Å². The molecule has 0 radical (unpaired) electrons. The van der Waals surface area contributed by atoms with Gasteiger partial charge in [0.25, 0.3) is 0 Å². The minimum absolute atomic E-state index is 0. The maximum absolute atomic E-state index is 13.0. The molecule has 0 aliphatic carbocycles. The first-order valence-electron chi connectivity index (χ1n) is 7.22. The number of hydrogen-bond acceptors (Lipinski definition) is 3. The van der Waals surface area contributed by atoms with Crippen molar-refractivity contribution in [3.8, 4) is 5.75 Å². The first-order chi connectivity index (χ1) is 10.5. The molecule has 1 aromatic carbocycles. The summed E-state index contributed by atoms with van der Waals surface area (Å²) in [5, 5.41) is 3.18. The van der Waals surface area contributed by atoms with Crippen LogP contribution in [0.15, 0.2) is 18.2 Å². The van der Waals surface area contributed by atoms with Gasteiger partial charge >= 0.3 is 6.18 Å². The number of halogens is 5. The lowest BCUT2D eigenvalue weighted by Gasteiger charge is -2.35. The largest absolute Gasteiger partial charge is 0.497 e. The van der Waals surface area contributed by atoms with Crippen LogP contribution in [0, 0.1) is 0 Å². The van der Waals surface area contributed by atoms with E-state index in [-0.39, 0.29) is 30.6 Å². The van der Waals surface area contributed by atoms with Gasteiger partial charge in [-0.3, -0.25) is 9.29 Å². The van der Waals surface area contributed by atoms with Gasteiger partial charge in [-0.25, -0.2) is 0 Å². The Labute approximate surface area is 139 Å². The second kappa shape index (κ2) is 8.70. The van der Waals surface area contributed by atoms with Crippen molar-refractivity contribution in [3.63, 3.8) is 0 Å². The molecule has 132 valence electrons. The van der Waals surface area contributed by atoms with Crippen molar-refractivity contribution >= 4 is 12.4 Å². The van der Waals surface area contributed by atoms with Crippen LogP contribution in [0.3, 0.4) is 0 Å². The van der Waals surface area contributed by atoms with Crippen LogP contribution < -0.4 is 10.1 Å². The van der Waals surface area contributed by atoms with E-state index in [4.69, 9.17) is 4.74 Å². The number of methoxy groups -OCH3 is 1. The zero-order valence-corrected chi connectivity index (χ0v) is 13.6. The topological polar surface area (TPSA) is 24.5 Å². The average Bonchev–Trinajstić information content (AvgIpc) is 2.52.